The molecule has 0 bridgehead atoms. The second-order valence-electron chi connectivity index (χ2n) is 5.96. The maximum Gasteiger partial charge on any atom is 0.341 e. The molecule has 2 aromatic rings. The molecule has 8 heteroatoms. The number of benzene rings is 2. The van der Waals surface area contributed by atoms with Gasteiger partial charge in [-0.1, -0.05) is 13.3 Å². The minimum Gasteiger partial charge on any atom is -0.494 e. The Kier molecular flexibility index (Phi) is 6.90. The van der Waals surface area contributed by atoms with Gasteiger partial charge < -0.3 is 10.1 Å². The van der Waals surface area contributed by atoms with Gasteiger partial charge in [-0.05, 0) is 61.4 Å². The van der Waals surface area contributed by atoms with E-state index in [9.17, 15) is 22.0 Å². The first-order valence-electron chi connectivity index (χ1n) is 8.42. The standard InChI is InChI=1S/C19H21F2NO4S/c1-3-4-11-26-15-7-10-17(13(2)12-15)22-18(23)14-5-8-16(9-6-14)27(24,25)19(20)21/h5-10,12,19H,3-4,11H2,1-2H3,(H,22,23). The number of alkyl halides is 2. The predicted molar refractivity (Wildman–Crippen MR) is 99.2 cm³/mol. The van der Waals surface area contributed by atoms with Gasteiger partial charge in [0.15, 0.2) is 0 Å². The number of hydrogen-bond acceptors (Lipinski definition) is 4. The second-order valence-corrected chi connectivity index (χ2v) is 7.88. The lowest BCUT2D eigenvalue weighted by Gasteiger charge is -2.11. The highest BCUT2D eigenvalue weighted by Gasteiger charge is 2.26. The summed E-state index contributed by atoms with van der Waals surface area (Å²) >= 11 is 0. The Morgan fingerprint density at radius 2 is 1.81 bits per heavy atom. The highest BCUT2D eigenvalue weighted by Crippen LogP contribution is 2.23. The number of aryl methyl sites for hydroxylation is 1. The van der Waals surface area contributed by atoms with Crippen molar-refractivity contribution in [2.75, 3.05) is 11.9 Å². The van der Waals surface area contributed by atoms with Crippen LogP contribution in [0.25, 0.3) is 0 Å². The molecule has 0 saturated carbocycles. The molecule has 0 heterocycles. The molecular formula is C19H21F2NO4S. The van der Waals surface area contributed by atoms with Crippen LogP contribution in [-0.2, 0) is 9.84 Å². The molecule has 0 unspecified atom stereocenters. The van der Waals surface area contributed by atoms with Gasteiger partial charge >= 0.3 is 5.76 Å². The zero-order valence-corrected chi connectivity index (χ0v) is 15.9. The number of halogens is 2. The number of carbonyl (C=O) groups excluding carboxylic acids is 1. The summed E-state index contributed by atoms with van der Waals surface area (Å²) in [5.74, 6) is -3.27. The van der Waals surface area contributed by atoms with Crippen LogP contribution in [0.5, 0.6) is 5.75 Å². The Hall–Kier alpha value is -2.48. The van der Waals surface area contributed by atoms with Gasteiger partial charge in [0.2, 0.25) is 9.84 Å². The molecule has 146 valence electrons. The number of ether oxygens (including phenoxy) is 1. The summed E-state index contributed by atoms with van der Waals surface area (Å²) in [5, 5.41) is 2.71. The van der Waals surface area contributed by atoms with E-state index in [0.29, 0.717) is 18.0 Å². The number of rotatable bonds is 8. The Morgan fingerprint density at radius 1 is 1.15 bits per heavy atom. The van der Waals surface area contributed by atoms with Crippen LogP contribution >= 0.6 is 0 Å². The molecule has 0 aromatic heterocycles. The molecule has 2 rings (SSSR count). The van der Waals surface area contributed by atoms with Crippen LogP contribution in [0.15, 0.2) is 47.4 Å². The highest BCUT2D eigenvalue weighted by atomic mass is 32.2. The third kappa shape index (κ3) is 5.26. The summed E-state index contributed by atoms with van der Waals surface area (Å²) < 4.78 is 53.5. The molecule has 2 aromatic carbocycles. The normalized spacial score (nSPS) is 11.4. The minimum atomic E-state index is -4.68. The number of anilines is 1. The van der Waals surface area contributed by atoms with Crippen molar-refractivity contribution in [1.82, 2.24) is 0 Å². The van der Waals surface area contributed by atoms with E-state index in [4.69, 9.17) is 4.74 Å². The number of sulfone groups is 1. The summed E-state index contributed by atoms with van der Waals surface area (Å²) in [5.41, 5.74) is 1.53. The number of hydrogen-bond donors (Lipinski definition) is 1. The van der Waals surface area contributed by atoms with Crippen molar-refractivity contribution in [3.05, 3.63) is 53.6 Å². The van der Waals surface area contributed by atoms with Crippen molar-refractivity contribution in [2.24, 2.45) is 0 Å². The molecular weight excluding hydrogens is 376 g/mol. The van der Waals surface area contributed by atoms with E-state index in [1.54, 1.807) is 12.1 Å². The van der Waals surface area contributed by atoms with Crippen LogP contribution in [0.3, 0.4) is 0 Å². The van der Waals surface area contributed by atoms with E-state index in [1.165, 1.54) is 12.1 Å². The molecule has 5 nitrogen and oxygen atoms in total. The average molecular weight is 397 g/mol. The molecule has 0 aliphatic heterocycles. The van der Waals surface area contributed by atoms with E-state index in [0.717, 1.165) is 30.5 Å². The first kappa shape index (κ1) is 20.8. The number of amides is 1. The van der Waals surface area contributed by atoms with Crippen LogP contribution in [0, 0.1) is 6.92 Å². The number of carbonyl (C=O) groups is 1. The van der Waals surface area contributed by atoms with E-state index in [1.807, 2.05) is 13.0 Å². The minimum absolute atomic E-state index is 0.158. The second kappa shape index (κ2) is 8.94. The van der Waals surface area contributed by atoms with Crippen LogP contribution in [0.1, 0.15) is 35.7 Å². The fourth-order valence-corrected chi connectivity index (χ4v) is 3.02. The molecule has 27 heavy (non-hydrogen) atoms. The van der Waals surface area contributed by atoms with Gasteiger partial charge in [-0.3, -0.25) is 4.79 Å². The van der Waals surface area contributed by atoms with E-state index in [-0.39, 0.29) is 5.56 Å². The van der Waals surface area contributed by atoms with Crippen LogP contribution in [0.2, 0.25) is 0 Å². The smallest absolute Gasteiger partial charge is 0.341 e. The molecule has 0 aliphatic rings. The quantitative estimate of drug-likeness (QED) is 0.669. The lowest BCUT2D eigenvalue weighted by molar-refractivity contribution is 0.102. The molecule has 0 radical (unpaired) electrons. The van der Waals surface area contributed by atoms with Crippen molar-refractivity contribution in [1.29, 1.82) is 0 Å². The van der Waals surface area contributed by atoms with Crippen LogP contribution in [-0.4, -0.2) is 26.7 Å². The Balaban J connectivity index is 2.09. The van der Waals surface area contributed by atoms with Crippen molar-refractivity contribution in [2.45, 2.75) is 37.3 Å². The summed E-state index contributed by atoms with van der Waals surface area (Å²) in [4.78, 5) is 11.8. The fraction of sp³-hybridized carbons (Fsp3) is 0.316. The van der Waals surface area contributed by atoms with Gasteiger partial charge in [-0.15, -0.1) is 0 Å². The molecule has 0 saturated heterocycles. The van der Waals surface area contributed by atoms with Crippen molar-refractivity contribution < 1.29 is 26.7 Å². The first-order valence-corrected chi connectivity index (χ1v) is 9.97. The highest BCUT2D eigenvalue weighted by molar-refractivity contribution is 7.91. The average Bonchev–Trinajstić information content (AvgIpc) is 2.64. The zero-order valence-electron chi connectivity index (χ0n) is 15.0. The van der Waals surface area contributed by atoms with Crippen LogP contribution in [0.4, 0.5) is 14.5 Å². The molecule has 0 fully saturated rings. The SMILES string of the molecule is CCCCOc1ccc(NC(=O)c2ccc(S(=O)(=O)C(F)F)cc2)c(C)c1. The summed E-state index contributed by atoms with van der Waals surface area (Å²) in [6.07, 6.45) is 1.99. The van der Waals surface area contributed by atoms with Crippen molar-refractivity contribution in [3.63, 3.8) is 0 Å². The third-order valence-corrected chi connectivity index (χ3v) is 5.29. The van der Waals surface area contributed by atoms with Crippen LogP contribution < -0.4 is 10.1 Å². The maximum absolute atomic E-state index is 12.5. The lowest BCUT2D eigenvalue weighted by Crippen LogP contribution is -2.14. The monoisotopic (exact) mass is 397 g/mol. The zero-order chi connectivity index (χ0) is 20.0. The molecule has 0 spiro atoms. The summed E-state index contributed by atoms with van der Waals surface area (Å²) in [6, 6.07) is 9.65. The molecule has 0 aliphatic carbocycles. The molecule has 1 amide bonds. The van der Waals surface area contributed by atoms with E-state index >= 15 is 0 Å². The lowest BCUT2D eigenvalue weighted by atomic mass is 10.1. The number of unbranched alkanes of at least 4 members (excludes halogenated alkanes) is 1. The van der Waals surface area contributed by atoms with Gasteiger partial charge in [-0.25, -0.2) is 8.42 Å². The van der Waals surface area contributed by atoms with Crippen molar-refractivity contribution in [3.8, 4) is 5.75 Å². The van der Waals surface area contributed by atoms with E-state index in [2.05, 4.69) is 12.2 Å². The predicted octanol–water partition coefficient (Wildman–Crippen LogP) is 4.42. The third-order valence-electron chi connectivity index (χ3n) is 3.89. The Bertz CT molecular complexity index is 896. The van der Waals surface area contributed by atoms with Crippen molar-refractivity contribution >= 4 is 21.4 Å². The fourth-order valence-electron chi connectivity index (χ4n) is 2.29. The van der Waals surface area contributed by atoms with E-state index < -0.39 is 26.4 Å². The van der Waals surface area contributed by atoms with Gasteiger partial charge in [-0.2, -0.15) is 8.78 Å². The van der Waals surface area contributed by atoms with Gasteiger partial charge in [0.25, 0.3) is 5.91 Å². The molecule has 0 atom stereocenters. The topological polar surface area (TPSA) is 72.5 Å². The Labute approximate surface area is 157 Å². The van der Waals surface area contributed by atoms with Gasteiger partial charge in [0.05, 0.1) is 11.5 Å². The summed E-state index contributed by atoms with van der Waals surface area (Å²) in [7, 11) is -4.68. The van der Waals surface area contributed by atoms with Gasteiger partial charge in [0.1, 0.15) is 5.75 Å². The Morgan fingerprint density at radius 3 is 2.37 bits per heavy atom. The molecule has 1 N–H and O–H groups in total. The van der Waals surface area contributed by atoms with Gasteiger partial charge in [0, 0.05) is 11.3 Å². The largest absolute Gasteiger partial charge is 0.494 e. The first-order chi connectivity index (χ1) is 12.8. The number of nitrogens with one attached hydrogen (secondary N) is 1. The summed E-state index contributed by atoms with van der Waals surface area (Å²) in [6.45, 7) is 4.51. The maximum atomic E-state index is 12.5.